The molecule has 1 N–H and O–H groups in total. The van der Waals surface area contributed by atoms with Crippen molar-refractivity contribution in [3.63, 3.8) is 0 Å². The molecule has 0 fully saturated rings. The van der Waals surface area contributed by atoms with Crippen LogP contribution in [0.2, 0.25) is 0 Å². The molecule has 0 bridgehead atoms. The van der Waals surface area contributed by atoms with Crippen LogP contribution in [-0.2, 0) is 4.79 Å². The summed E-state index contributed by atoms with van der Waals surface area (Å²) in [5.74, 6) is 0.475. The van der Waals surface area contributed by atoms with E-state index in [1.807, 2.05) is 49.6 Å². The molecule has 2 aromatic carbocycles. The number of methoxy groups -OCH3 is 1. The van der Waals surface area contributed by atoms with Gasteiger partial charge in [-0.25, -0.2) is 4.98 Å². The number of carbonyl (C=O) groups excluding carboxylic acids is 1. The first-order chi connectivity index (χ1) is 12.1. The molecule has 0 radical (unpaired) electrons. The first kappa shape index (κ1) is 17.2. The number of carbonyl (C=O) groups is 1. The minimum atomic E-state index is -0.109. The molecule has 0 unspecified atom stereocenters. The zero-order valence-electron chi connectivity index (χ0n) is 14.4. The third-order valence-electron chi connectivity index (χ3n) is 3.88. The Bertz CT molecular complexity index is 859. The smallest absolute Gasteiger partial charge is 0.227 e. The number of anilines is 1. The van der Waals surface area contributed by atoms with Gasteiger partial charge in [0.1, 0.15) is 5.01 Å². The number of benzene rings is 2. The van der Waals surface area contributed by atoms with Crippen LogP contribution in [0.15, 0.2) is 54.0 Å². The molecule has 5 heteroatoms. The molecule has 3 aromatic rings. The quantitative estimate of drug-likeness (QED) is 0.696. The zero-order chi connectivity index (χ0) is 17.8. The molecule has 1 amide bonds. The molecule has 0 aliphatic heterocycles. The van der Waals surface area contributed by atoms with Crippen LogP contribution >= 0.6 is 11.3 Å². The van der Waals surface area contributed by atoms with Crippen molar-refractivity contribution in [2.45, 2.75) is 13.8 Å². The molecule has 4 nitrogen and oxygen atoms in total. The fraction of sp³-hybridized carbons (Fsp3) is 0.200. The lowest BCUT2D eigenvalue weighted by Crippen LogP contribution is -2.18. The fourth-order valence-electron chi connectivity index (χ4n) is 2.59. The van der Waals surface area contributed by atoms with Crippen molar-refractivity contribution in [2.24, 2.45) is 5.92 Å². The van der Waals surface area contributed by atoms with Gasteiger partial charge in [-0.3, -0.25) is 4.79 Å². The monoisotopic (exact) mass is 352 g/mol. The van der Waals surface area contributed by atoms with Gasteiger partial charge >= 0.3 is 0 Å². The maximum Gasteiger partial charge on any atom is 0.227 e. The van der Waals surface area contributed by atoms with E-state index in [-0.39, 0.29) is 11.8 Å². The van der Waals surface area contributed by atoms with E-state index in [1.54, 1.807) is 24.6 Å². The largest absolute Gasteiger partial charge is 0.494 e. The van der Waals surface area contributed by atoms with Gasteiger partial charge in [0, 0.05) is 17.5 Å². The van der Waals surface area contributed by atoms with Gasteiger partial charge in [0.15, 0.2) is 5.75 Å². The summed E-state index contributed by atoms with van der Waals surface area (Å²) in [7, 11) is 1.62. The number of hydrogen-bond acceptors (Lipinski definition) is 4. The van der Waals surface area contributed by atoms with Crippen LogP contribution in [0.3, 0.4) is 0 Å². The molecule has 0 aliphatic carbocycles. The van der Waals surface area contributed by atoms with Crippen molar-refractivity contribution < 1.29 is 9.53 Å². The van der Waals surface area contributed by atoms with Gasteiger partial charge in [-0.15, -0.1) is 11.3 Å². The number of nitrogens with one attached hydrogen (secondary N) is 1. The summed E-state index contributed by atoms with van der Waals surface area (Å²) < 4.78 is 5.70. The zero-order valence-corrected chi connectivity index (χ0v) is 15.3. The number of aromatic nitrogens is 1. The van der Waals surface area contributed by atoms with E-state index < -0.39 is 0 Å². The maximum atomic E-state index is 12.2. The van der Waals surface area contributed by atoms with Gasteiger partial charge in [-0.05, 0) is 17.2 Å². The second-order valence-corrected chi connectivity index (χ2v) is 6.81. The van der Waals surface area contributed by atoms with Crippen molar-refractivity contribution in [1.82, 2.24) is 4.98 Å². The molecule has 1 aromatic heterocycles. The Morgan fingerprint density at radius 2 is 1.92 bits per heavy atom. The van der Waals surface area contributed by atoms with Crippen molar-refractivity contribution in [1.29, 1.82) is 0 Å². The van der Waals surface area contributed by atoms with Crippen LogP contribution in [0.5, 0.6) is 5.75 Å². The Morgan fingerprint density at radius 3 is 2.52 bits per heavy atom. The van der Waals surface area contributed by atoms with Gasteiger partial charge in [-0.1, -0.05) is 50.2 Å². The van der Waals surface area contributed by atoms with E-state index in [2.05, 4.69) is 22.4 Å². The third-order valence-corrected chi connectivity index (χ3v) is 4.67. The third kappa shape index (κ3) is 3.56. The number of hydrogen-bond donors (Lipinski definition) is 1. The molecule has 0 atom stereocenters. The van der Waals surface area contributed by atoms with E-state index in [0.717, 1.165) is 21.7 Å². The molecular formula is C20H20N2O2S. The number of ether oxygens (including phenoxy) is 1. The second kappa shape index (κ2) is 7.49. The topological polar surface area (TPSA) is 51.2 Å². The lowest BCUT2D eigenvalue weighted by atomic mass is 9.98. The highest BCUT2D eigenvalue weighted by molar-refractivity contribution is 7.13. The molecule has 25 heavy (non-hydrogen) atoms. The van der Waals surface area contributed by atoms with Crippen LogP contribution < -0.4 is 10.1 Å². The Hall–Kier alpha value is -2.66. The van der Waals surface area contributed by atoms with Crippen molar-refractivity contribution in [3.05, 3.63) is 54.0 Å². The summed E-state index contributed by atoms with van der Waals surface area (Å²) in [6, 6.07) is 14.0. The number of amides is 1. The Balaban J connectivity index is 2.20. The van der Waals surface area contributed by atoms with E-state index in [1.165, 1.54) is 0 Å². The predicted molar refractivity (Wildman–Crippen MR) is 103 cm³/mol. The van der Waals surface area contributed by atoms with Gasteiger partial charge in [0.25, 0.3) is 0 Å². The lowest BCUT2D eigenvalue weighted by molar-refractivity contribution is -0.118. The van der Waals surface area contributed by atoms with Crippen molar-refractivity contribution >= 4 is 22.9 Å². The highest BCUT2D eigenvalue weighted by Crippen LogP contribution is 2.44. The summed E-state index contributed by atoms with van der Waals surface area (Å²) >= 11 is 1.54. The average Bonchev–Trinajstić information content (AvgIpc) is 3.16. The van der Waals surface area contributed by atoms with Gasteiger partial charge in [-0.2, -0.15) is 0 Å². The van der Waals surface area contributed by atoms with Crippen LogP contribution in [0.1, 0.15) is 13.8 Å². The molecule has 0 saturated carbocycles. The fourth-order valence-corrected chi connectivity index (χ4v) is 3.28. The Kier molecular flexibility index (Phi) is 5.14. The first-order valence-electron chi connectivity index (χ1n) is 8.09. The molecule has 0 aliphatic rings. The molecule has 0 saturated heterocycles. The number of nitrogens with zero attached hydrogens (tertiary/aromatic N) is 1. The second-order valence-electron chi connectivity index (χ2n) is 5.92. The van der Waals surface area contributed by atoms with E-state index >= 15 is 0 Å². The first-order valence-corrected chi connectivity index (χ1v) is 8.97. The highest BCUT2D eigenvalue weighted by Gasteiger charge is 2.20. The molecular weight excluding hydrogens is 332 g/mol. The van der Waals surface area contributed by atoms with Gasteiger partial charge in [0.05, 0.1) is 18.4 Å². The van der Waals surface area contributed by atoms with E-state index in [4.69, 9.17) is 4.74 Å². The molecule has 3 rings (SSSR count). The van der Waals surface area contributed by atoms with E-state index in [0.29, 0.717) is 11.4 Å². The Morgan fingerprint density at radius 1 is 1.16 bits per heavy atom. The number of thiazole rings is 1. The predicted octanol–water partition coefficient (Wildman–Crippen LogP) is 5.08. The van der Waals surface area contributed by atoms with Gasteiger partial charge < -0.3 is 10.1 Å². The minimum absolute atomic E-state index is 0.0455. The SMILES string of the molecule is COc1c(NC(=O)C(C)C)ccc(-c2ccccc2)c1-c1nccs1. The maximum absolute atomic E-state index is 12.2. The average molecular weight is 352 g/mol. The minimum Gasteiger partial charge on any atom is -0.494 e. The van der Waals surface area contributed by atoms with Crippen LogP contribution in [0.4, 0.5) is 5.69 Å². The van der Waals surface area contributed by atoms with Gasteiger partial charge in [0.2, 0.25) is 5.91 Å². The Labute approximate surface area is 151 Å². The lowest BCUT2D eigenvalue weighted by Gasteiger charge is -2.18. The summed E-state index contributed by atoms with van der Waals surface area (Å²) in [5.41, 5.74) is 3.65. The van der Waals surface area contributed by atoms with Crippen molar-refractivity contribution in [3.8, 4) is 27.4 Å². The standard InChI is InChI=1S/C20H20N2O2S/c1-13(2)19(23)22-16-10-9-15(14-7-5-4-6-8-14)17(18(16)24-3)20-21-11-12-25-20/h4-13H,1-3H3,(H,22,23). The summed E-state index contributed by atoms with van der Waals surface area (Å²) in [6.45, 7) is 3.73. The van der Waals surface area contributed by atoms with E-state index in [9.17, 15) is 4.79 Å². The van der Waals surface area contributed by atoms with Crippen molar-refractivity contribution in [2.75, 3.05) is 12.4 Å². The summed E-state index contributed by atoms with van der Waals surface area (Å²) in [5, 5.41) is 5.75. The van der Waals surface area contributed by atoms with Crippen LogP contribution in [0, 0.1) is 5.92 Å². The summed E-state index contributed by atoms with van der Waals surface area (Å²) in [4.78, 5) is 16.6. The molecule has 128 valence electrons. The van der Waals surface area contributed by atoms with Crippen LogP contribution in [-0.4, -0.2) is 18.0 Å². The van der Waals surface area contributed by atoms with Crippen LogP contribution in [0.25, 0.3) is 21.7 Å². The number of rotatable bonds is 5. The summed E-state index contributed by atoms with van der Waals surface area (Å²) in [6.07, 6.45) is 1.77. The molecule has 0 spiro atoms. The normalized spacial score (nSPS) is 10.7. The molecule has 1 heterocycles. The highest BCUT2D eigenvalue weighted by atomic mass is 32.1.